The first kappa shape index (κ1) is 22.0. The summed E-state index contributed by atoms with van der Waals surface area (Å²) < 4.78 is 40.1. The molecule has 2 heterocycles. The highest BCUT2D eigenvalue weighted by Gasteiger charge is 2.35. The second-order valence-corrected chi connectivity index (χ2v) is 9.62. The summed E-state index contributed by atoms with van der Waals surface area (Å²) in [5, 5.41) is 0. The SMILES string of the molecule is CCC1CN(c2ccc3nc4cc(C(F)(F)F)c(=O)cc-4sc3c2)CC(C)N1C(C)C. The van der Waals surface area contributed by atoms with E-state index in [1.807, 2.05) is 18.2 Å². The maximum absolute atomic E-state index is 13.1. The minimum Gasteiger partial charge on any atom is -0.368 e. The van der Waals surface area contributed by atoms with Crippen LogP contribution in [0.15, 0.2) is 35.1 Å². The first-order chi connectivity index (χ1) is 14.6. The van der Waals surface area contributed by atoms with Crippen molar-refractivity contribution in [3.63, 3.8) is 0 Å². The van der Waals surface area contributed by atoms with Crippen LogP contribution in [0.4, 0.5) is 18.9 Å². The summed E-state index contributed by atoms with van der Waals surface area (Å²) in [6.45, 7) is 10.8. The van der Waals surface area contributed by atoms with Gasteiger partial charge in [-0.3, -0.25) is 9.69 Å². The molecule has 31 heavy (non-hydrogen) atoms. The highest BCUT2D eigenvalue weighted by Crippen LogP contribution is 2.36. The summed E-state index contributed by atoms with van der Waals surface area (Å²) in [7, 11) is 0. The first-order valence-electron chi connectivity index (χ1n) is 10.6. The molecule has 8 heteroatoms. The maximum atomic E-state index is 13.1. The van der Waals surface area contributed by atoms with Gasteiger partial charge < -0.3 is 4.90 Å². The van der Waals surface area contributed by atoms with E-state index in [0.717, 1.165) is 42.0 Å². The fraction of sp³-hybridized carbons (Fsp3) is 0.478. The van der Waals surface area contributed by atoms with E-state index in [1.54, 1.807) is 0 Å². The third kappa shape index (κ3) is 4.15. The van der Waals surface area contributed by atoms with Crippen LogP contribution in [0.2, 0.25) is 0 Å². The summed E-state index contributed by atoms with van der Waals surface area (Å²) in [6, 6.07) is 9.17. The van der Waals surface area contributed by atoms with Gasteiger partial charge in [-0.05, 0) is 51.5 Å². The van der Waals surface area contributed by atoms with E-state index in [-0.39, 0.29) is 5.69 Å². The van der Waals surface area contributed by atoms with Gasteiger partial charge in [0.25, 0.3) is 0 Å². The predicted molar refractivity (Wildman–Crippen MR) is 120 cm³/mol. The summed E-state index contributed by atoms with van der Waals surface area (Å²) in [5.74, 6) is 0. The summed E-state index contributed by atoms with van der Waals surface area (Å²) in [5.41, 5.74) is -0.277. The number of fused-ring (bicyclic) bond motifs is 2. The summed E-state index contributed by atoms with van der Waals surface area (Å²) in [6.07, 6.45) is -3.61. The topological polar surface area (TPSA) is 36.4 Å². The molecule has 1 saturated heterocycles. The Labute approximate surface area is 183 Å². The molecule has 1 aromatic rings. The number of nitrogens with zero attached hydrogens (tertiary/aromatic N) is 3. The molecule has 1 aromatic carbocycles. The van der Waals surface area contributed by atoms with Crippen molar-refractivity contribution in [2.75, 3.05) is 18.0 Å². The van der Waals surface area contributed by atoms with Crippen molar-refractivity contribution in [2.24, 2.45) is 0 Å². The average molecular weight is 450 g/mol. The van der Waals surface area contributed by atoms with E-state index in [0.29, 0.717) is 28.5 Å². The summed E-state index contributed by atoms with van der Waals surface area (Å²) in [4.78, 5) is 21.8. The molecule has 0 aromatic heterocycles. The van der Waals surface area contributed by atoms with Gasteiger partial charge >= 0.3 is 6.18 Å². The van der Waals surface area contributed by atoms with Crippen molar-refractivity contribution < 1.29 is 13.2 Å². The standard InChI is InChI=1S/C23H26F3N3OS/c1-5-15-12-28(11-14(4)29(15)13(2)3)16-6-7-18-21(8-16)31-22-10-20(30)17(23(24,25)26)9-19(22)27-18/h6-10,13-15H,5,11-12H2,1-4H3. The Hall–Kier alpha value is -2.19. The molecule has 0 saturated carbocycles. The van der Waals surface area contributed by atoms with Crippen molar-refractivity contribution in [1.82, 2.24) is 9.88 Å². The first-order valence-corrected chi connectivity index (χ1v) is 11.4. The average Bonchev–Trinajstić information content (AvgIpc) is 2.69. The van der Waals surface area contributed by atoms with Gasteiger partial charge in [0.15, 0.2) is 5.43 Å². The van der Waals surface area contributed by atoms with Gasteiger partial charge in [0, 0.05) is 43.0 Å². The Morgan fingerprint density at radius 1 is 1.19 bits per heavy atom. The van der Waals surface area contributed by atoms with Crippen molar-refractivity contribution in [1.29, 1.82) is 0 Å². The van der Waals surface area contributed by atoms with Crippen molar-refractivity contribution >= 4 is 27.2 Å². The van der Waals surface area contributed by atoms with Crippen LogP contribution in [0, 0.1) is 0 Å². The molecule has 2 unspecified atom stereocenters. The Morgan fingerprint density at radius 3 is 2.58 bits per heavy atom. The van der Waals surface area contributed by atoms with Crippen LogP contribution in [-0.2, 0) is 6.18 Å². The lowest BCUT2D eigenvalue weighted by Crippen LogP contribution is -2.59. The lowest BCUT2D eigenvalue weighted by Gasteiger charge is -2.48. The number of hydrogen-bond donors (Lipinski definition) is 0. The van der Waals surface area contributed by atoms with E-state index >= 15 is 0 Å². The number of halogens is 3. The largest absolute Gasteiger partial charge is 0.420 e. The van der Waals surface area contributed by atoms with Crippen LogP contribution in [0.3, 0.4) is 0 Å². The Bertz CT molecular complexity index is 1130. The van der Waals surface area contributed by atoms with Gasteiger partial charge in [-0.25, -0.2) is 4.98 Å². The fourth-order valence-electron chi connectivity index (χ4n) is 4.74. The molecule has 0 spiro atoms. The van der Waals surface area contributed by atoms with Gasteiger partial charge in [-0.15, -0.1) is 11.3 Å². The highest BCUT2D eigenvalue weighted by molar-refractivity contribution is 7.21. The molecule has 0 amide bonds. The number of hydrogen-bond acceptors (Lipinski definition) is 5. The van der Waals surface area contributed by atoms with Crippen LogP contribution >= 0.6 is 11.3 Å². The van der Waals surface area contributed by atoms with Gasteiger partial charge in [0.2, 0.25) is 0 Å². The molecule has 2 aliphatic heterocycles. The van der Waals surface area contributed by atoms with Gasteiger partial charge in [-0.2, -0.15) is 13.2 Å². The third-order valence-electron chi connectivity index (χ3n) is 6.05. The zero-order valence-corrected chi connectivity index (χ0v) is 18.8. The zero-order valence-electron chi connectivity index (χ0n) is 18.0. The second-order valence-electron chi connectivity index (χ2n) is 8.54. The Balaban J connectivity index is 1.72. The van der Waals surface area contributed by atoms with Gasteiger partial charge in [0.05, 0.1) is 20.8 Å². The molecular formula is C23H26F3N3OS. The van der Waals surface area contributed by atoms with Crippen LogP contribution in [0.5, 0.6) is 0 Å². The molecule has 4 nitrogen and oxygen atoms in total. The zero-order chi connectivity index (χ0) is 22.5. The number of anilines is 1. The normalized spacial score (nSPS) is 20.8. The Morgan fingerprint density at radius 2 is 1.94 bits per heavy atom. The molecule has 0 N–H and O–H groups in total. The third-order valence-corrected chi connectivity index (χ3v) is 7.14. The monoisotopic (exact) mass is 449 g/mol. The van der Waals surface area contributed by atoms with Crippen molar-refractivity contribution in [3.8, 4) is 10.6 Å². The molecule has 4 rings (SSSR count). The quantitative estimate of drug-likeness (QED) is 0.497. The molecular weight excluding hydrogens is 423 g/mol. The molecule has 0 radical (unpaired) electrons. The van der Waals surface area contributed by atoms with Gasteiger partial charge in [-0.1, -0.05) is 6.92 Å². The van der Waals surface area contributed by atoms with E-state index < -0.39 is 17.2 Å². The summed E-state index contributed by atoms with van der Waals surface area (Å²) >= 11 is 1.31. The number of benzene rings is 2. The minimum atomic E-state index is -4.68. The number of aromatic nitrogens is 1. The van der Waals surface area contributed by atoms with E-state index in [9.17, 15) is 18.0 Å². The van der Waals surface area contributed by atoms with Crippen LogP contribution in [0.1, 0.15) is 39.7 Å². The van der Waals surface area contributed by atoms with Crippen LogP contribution in [-0.4, -0.2) is 41.1 Å². The molecule has 0 bridgehead atoms. The highest BCUT2D eigenvalue weighted by atomic mass is 32.1. The predicted octanol–water partition coefficient (Wildman–Crippen LogP) is 5.48. The number of alkyl halides is 3. The smallest absolute Gasteiger partial charge is 0.368 e. The molecule has 1 fully saturated rings. The lowest BCUT2D eigenvalue weighted by molar-refractivity contribution is -0.138. The van der Waals surface area contributed by atoms with Crippen molar-refractivity contribution in [3.05, 3.63) is 46.1 Å². The minimum absolute atomic E-state index is 0.197. The maximum Gasteiger partial charge on any atom is 0.420 e. The molecule has 2 atom stereocenters. The van der Waals surface area contributed by atoms with E-state index in [1.165, 1.54) is 11.3 Å². The Kier molecular flexibility index (Phi) is 5.72. The molecule has 3 aliphatic rings. The number of rotatable bonds is 3. The van der Waals surface area contributed by atoms with E-state index in [4.69, 9.17) is 0 Å². The van der Waals surface area contributed by atoms with Crippen LogP contribution in [0.25, 0.3) is 20.8 Å². The van der Waals surface area contributed by atoms with Gasteiger partial charge in [0.1, 0.15) is 5.56 Å². The molecule has 166 valence electrons. The van der Waals surface area contributed by atoms with Crippen molar-refractivity contribution in [2.45, 2.75) is 58.4 Å². The lowest BCUT2D eigenvalue weighted by atomic mass is 10.0. The van der Waals surface area contributed by atoms with E-state index in [2.05, 4.69) is 42.5 Å². The number of piperazine rings is 1. The van der Waals surface area contributed by atoms with Crippen LogP contribution < -0.4 is 10.3 Å². The second kappa shape index (κ2) is 8.06. The fourth-order valence-corrected chi connectivity index (χ4v) is 5.75. The molecule has 1 aliphatic carbocycles.